The van der Waals surface area contributed by atoms with Crippen LogP contribution in [0.2, 0.25) is 10.0 Å². The average molecular weight is 868 g/mol. The van der Waals surface area contributed by atoms with Crippen LogP contribution in [-0.2, 0) is 44.4 Å². The van der Waals surface area contributed by atoms with Crippen molar-refractivity contribution in [2.45, 2.75) is 6.54 Å². The molecule has 5 aromatic rings. The summed E-state index contributed by atoms with van der Waals surface area (Å²) in [5, 5.41) is 1.25. The summed E-state index contributed by atoms with van der Waals surface area (Å²) in [6, 6.07) is 31.5. The zero-order chi connectivity index (χ0) is 42.0. The van der Waals surface area contributed by atoms with E-state index in [2.05, 4.69) is 4.57 Å². The van der Waals surface area contributed by atoms with E-state index in [1.165, 1.54) is 0 Å². The molecule has 1 heterocycles. The van der Waals surface area contributed by atoms with Gasteiger partial charge in [-0.3, -0.25) is 0 Å². The number of aromatic nitrogens is 2. The standard InChI is InChI=1S/C46H56Cl2N2O10/c1-51-19-21-53-23-25-55-27-29-57-31-33-59-39-15-11-36(12-16-39)44-45(37-13-17-40(18-14-37)60-34-32-58-30-28-56-26-24-54-22-20-52-2)50(35-38-7-3-5-9-42(38)47)46(49-44)41-8-4-6-10-43(41)48/h3-18H,19-35H2,1-2H3. The fourth-order valence-corrected chi connectivity index (χ4v) is 6.38. The summed E-state index contributed by atoms with van der Waals surface area (Å²) in [6.07, 6.45) is 0. The smallest absolute Gasteiger partial charge is 0.142 e. The first-order chi connectivity index (χ1) is 29.6. The molecule has 12 nitrogen and oxygen atoms in total. The van der Waals surface area contributed by atoms with Gasteiger partial charge in [-0.15, -0.1) is 0 Å². The molecule has 324 valence electrons. The molecule has 0 atom stereocenters. The van der Waals surface area contributed by atoms with Crippen LogP contribution in [0.1, 0.15) is 5.56 Å². The van der Waals surface area contributed by atoms with Gasteiger partial charge >= 0.3 is 0 Å². The molecule has 4 aromatic carbocycles. The maximum atomic E-state index is 6.84. The molecule has 1 aromatic heterocycles. The highest BCUT2D eigenvalue weighted by atomic mass is 35.5. The molecular weight excluding hydrogens is 811 g/mol. The molecule has 0 spiro atoms. The number of benzene rings is 4. The topological polar surface area (TPSA) is 110 Å². The van der Waals surface area contributed by atoms with Crippen LogP contribution in [0.5, 0.6) is 11.5 Å². The van der Waals surface area contributed by atoms with Gasteiger partial charge in [0.2, 0.25) is 0 Å². The summed E-state index contributed by atoms with van der Waals surface area (Å²) >= 11 is 13.6. The molecule has 0 saturated heterocycles. The molecule has 0 radical (unpaired) electrons. The number of nitrogens with zero attached hydrogens (tertiary/aromatic N) is 2. The number of methoxy groups -OCH3 is 2. The molecule has 0 saturated carbocycles. The second-order valence-electron chi connectivity index (χ2n) is 13.2. The number of imidazole rings is 1. The molecule has 0 aliphatic rings. The average Bonchev–Trinajstić information content (AvgIpc) is 3.64. The Bertz CT molecular complexity index is 1930. The first-order valence-corrected chi connectivity index (χ1v) is 20.8. The van der Waals surface area contributed by atoms with Crippen LogP contribution in [-0.4, -0.2) is 129 Å². The molecule has 0 N–H and O–H groups in total. The minimum Gasteiger partial charge on any atom is -0.491 e. The lowest BCUT2D eigenvalue weighted by Gasteiger charge is -2.16. The van der Waals surface area contributed by atoms with Gasteiger partial charge in [0.25, 0.3) is 0 Å². The highest BCUT2D eigenvalue weighted by molar-refractivity contribution is 6.33. The van der Waals surface area contributed by atoms with Crippen molar-refractivity contribution >= 4 is 23.2 Å². The molecule has 0 aliphatic carbocycles. The first-order valence-electron chi connectivity index (χ1n) is 20.1. The van der Waals surface area contributed by atoms with Gasteiger partial charge in [-0.25, -0.2) is 4.98 Å². The predicted octanol–water partition coefficient (Wildman–Crippen LogP) is 8.39. The quantitative estimate of drug-likeness (QED) is 0.0401. The number of hydrogen-bond donors (Lipinski definition) is 0. The summed E-state index contributed by atoms with van der Waals surface area (Å²) in [5.74, 6) is 2.15. The summed E-state index contributed by atoms with van der Waals surface area (Å²) in [4.78, 5) is 5.29. The van der Waals surface area contributed by atoms with Crippen molar-refractivity contribution < 1.29 is 47.4 Å². The van der Waals surface area contributed by atoms with E-state index in [1.807, 2.05) is 97.1 Å². The second kappa shape index (κ2) is 27.7. The van der Waals surface area contributed by atoms with Gasteiger partial charge in [0.1, 0.15) is 30.5 Å². The summed E-state index contributed by atoms with van der Waals surface area (Å²) in [5.41, 5.74) is 5.28. The fourth-order valence-electron chi connectivity index (χ4n) is 5.97. The third-order valence-electron chi connectivity index (χ3n) is 8.97. The van der Waals surface area contributed by atoms with Gasteiger partial charge in [-0.2, -0.15) is 0 Å². The molecule has 0 fully saturated rings. The van der Waals surface area contributed by atoms with E-state index in [1.54, 1.807) is 14.2 Å². The normalized spacial score (nSPS) is 11.3. The Kier molecular flexibility index (Phi) is 21.7. The van der Waals surface area contributed by atoms with Crippen LogP contribution in [0.3, 0.4) is 0 Å². The van der Waals surface area contributed by atoms with Crippen LogP contribution < -0.4 is 9.47 Å². The lowest BCUT2D eigenvalue weighted by atomic mass is 10.0. The van der Waals surface area contributed by atoms with Gasteiger partial charge in [-0.05, 0) is 72.3 Å². The van der Waals surface area contributed by atoms with E-state index in [-0.39, 0.29) is 0 Å². The maximum absolute atomic E-state index is 6.84. The van der Waals surface area contributed by atoms with Crippen LogP contribution in [0, 0.1) is 0 Å². The van der Waals surface area contributed by atoms with Crippen LogP contribution >= 0.6 is 23.2 Å². The van der Waals surface area contributed by atoms with Crippen LogP contribution in [0.15, 0.2) is 97.1 Å². The second-order valence-corrected chi connectivity index (χ2v) is 14.0. The fraction of sp³-hybridized carbons (Fsp3) is 0.413. The SMILES string of the molecule is COCCOCCOCCOCCOc1ccc(-c2nc(-c3ccccc3Cl)n(Cc3ccccc3Cl)c2-c2ccc(OCCOCCOCCOCCOC)cc2)cc1. The molecule has 60 heavy (non-hydrogen) atoms. The Morgan fingerprint density at radius 1 is 0.450 bits per heavy atom. The van der Waals surface area contributed by atoms with Crippen molar-refractivity contribution in [1.82, 2.24) is 9.55 Å². The number of rotatable bonds is 31. The molecule has 5 rings (SSSR count). The zero-order valence-corrected chi connectivity index (χ0v) is 36.0. The largest absolute Gasteiger partial charge is 0.491 e. The third kappa shape index (κ3) is 15.8. The van der Waals surface area contributed by atoms with E-state index in [0.717, 1.165) is 45.1 Å². The Labute approximate surface area is 363 Å². The van der Waals surface area contributed by atoms with Gasteiger partial charge in [0, 0.05) is 35.9 Å². The molecule has 14 heteroatoms. The van der Waals surface area contributed by atoms with Crippen molar-refractivity contribution in [1.29, 1.82) is 0 Å². The lowest BCUT2D eigenvalue weighted by molar-refractivity contribution is 0.000164. The lowest BCUT2D eigenvalue weighted by Crippen LogP contribution is -2.13. The van der Waals surface area contributed by atoms with E-state index in [9.17, 15) is 0 Å². The third-order valence-corrected chi connectivity index (χ3v) is 9.67. The van der Waals surface area contributed by atoms with Crippen molar-refractivity contribution in [3.63, 3.8) is 0 Å². The molecule has 0 bridgehead atoms. The van der Waals surface area contributed by atoms with Crippen molar-refractivity contribution in [2.75, 3.05) is 120 Å². The highest BCUT2D eigenvalue weighted by Gasteiger charge is 2.23. The minimum atomic E-state index is 0.395. The Balaban J connectivity index is 1.26. The van der Waals surface area contributed by atoms with Crippen LogP contribution in [0.4, 0.5) is 0 Å². The predicted molar refractivity (Wildman–Crippen MR) is 234 cm³/mol. The highest BCUT2D eigenvalue weighted by Crippen LogP contribution is 2.40. The Hall–Kier alpha value is -4.05. The van der Waals surface area contributed by atoms with Crippen molar-refractivity contribution in [2.24, 2.45) is 0 Å². The van der Waals surface area contributed by atoms with Gasteiger partial charge in [-0.1, -0.05) is 53.5 Å². The Morgan fingerprint density at radius 2 is 0.867 bits per heavy atom. The monoisotopic (exact) mass is 866 g/mol. The molecule has 0 unspecified atom stereocenters. The maximum Gasteiger partial charge on any atom is 0.142 e. The summed E-state index contributed by atoms with van der Waals surface area (Å²) in [7, 11) is 3.29. The van der Waals surface area contributed by atoms with E-state index in [4.69, 9.17) is 75.6 Å². The molecule has 0 aliphatic heterocycles. The first kappa shape index (κ1) is 47.0. The Morgan fingerprint density at radius 3 is 1.33 bits per heavy atom. The minimum absolute atomic E-state index is 0.395. The molecule has 0 amide bonds. The zero-order valence-electron chi connectivity index (χ0n) is 34.5. The van der Waals surface area contributed by atoms with Crippen molar-refractivity contribution in [3.8, 4) is 45.4 Å². The van der Waals surface area contributed by atoms with Gasteiger partial charge < -0.3 is 51.9 Å². The number of hydrogen-bond acceptors (Lipinski definition) is 11. The van der Waals surface area contributed by atoms with Gasteiger partial charge in [0.05, 0.1) is 115 Å². The van der Waals surface area contributed by atoms with E-state index in [0.29, 0.717) is 128 Å². The van der Waals surface area contributed by atoms with Crippen LogP contribution in [0.25, 0.3) is 33.9 Å². The number of ether oxygens (including phenoxy) is 10. The van der Waals surface area contributed by atoms with E-state index >= 15 is 0 Å². The van der Waals surface area contributed by atoms with Gasteiger partial charge in [0.15, 0.2) is 0 Å². The van der Waals surface area contributed by atoms with E-state index < -0.39 is 0 Å². The van der Waals surface area contributed by atoms with Crippen molar-refractivity contribution in [3.05, 3.63) is 113 Å². The summed E-state index contributed by atoms with van der Waals surface area (Å²) < 4.78 is 57.4. The summed E-state index contributed by atoms with van der Waals surface area (Å²) in [6.45, 7) is 8.34. The molecular formula is C46H56Cl2N2O10. The number of halogens is 2.